The van der Waals surface area contributed by atoms with Crippen molar-refractivity contribution in [2.75, 3.05) is 13.1 Å². The van der Waals surface area contributed by atoms with Crippen LogP contribution in [0.25, 0.3) is 0 Å². The zero-order chi connectivity index (χ0) is 14.4. The fraction of sp³-hybridized carbons (Fsp3) is 0.583. The Hall–Kier alpha value is -2.05. The summed E-state index contributed by atoms with van der Waals surface area (Å²) in [6.07, 6.45) is 3.47. The first-order valence-electron chi connectivity index (χ1n) is 6.17. The summed E-state index contributed by atoms with van der Waals surface area (Å²) < 4.78 is 1.68. The second-order valence-electron chi connectivity index (χ2n) is 4.88. The van der Waals surface area contributed by atoms with Gasteiger partial charge in [-0.1, -0.05) is 19.0 Å². The van der Waals surface area contributed by atoms with Gasteiger partial charge < -0.3 is 20.4 Å². The van der Waals surface area contributed by atoms with Gasteiger partial charge in [-0.2, -0.15) is 0 Å². The number of hydrogen-bond donors (Lipinski definition) is 2. The summed E-state index contributed by atoms with van der Waals surface area (Å²) in [7, 11) is 1.78. The van der Waals surface area contributed by atoms with Crippen molar-refractivity contribution in [3.05, 3.63) is 18.2 Å². The molecule has 3 N–H and O–H groups in total. The third-order valence-corrected chi connectivity index (χ3v) is 2.67. The summed E-state index contributed by atoms with van der Waals surface area (Å²) in [6.45, 7) is 5.10. The molecule has 7 nitrogen and oxygen atoms in total. The fourth-order valence-corrected chi connectivity index (χ4v) is 1.74. The lowest BCUT2D eigenvalue weighted by Crippen LogP contribution is -2.37. The van der Waals surface area contributed by atoms with E-state index in [0.717, 1.165) is 0 Å². The zero-order valence-corrected chi connectivity index (χ0v) is 11.6. The maximum Gasteiger partial charge on any atom is 0.272 e. The van der Waals surface area contributed by atoms with Gasteiger partial charge >= 0.3 is 0 Å². The molecule has 0 saturated heterocycles. The summed E-state index contributed by atoms with van der Waals surface area (Å²) >= 11 is 0. The van der Waals surface area contributed by atoms with Crippen molar-refractivity contribution in [2.45, 2.75) is 20.3 Å². The Morgan fingerprint density at radius 3 is 2.79 bits per heavy atom. The number of hydrogen-bond acceptors (Lipinski definition) is 4. The van der Waals surface area contributed by atoms with Crippen molar-refractivity contribution in [3.8, 4) is 0 Å². The highest BCUT2D eigenvalue weighted by atomic mass is 16.4. The SMILES string of the molecule is CC(C)CN(CCC(N)=NO)C(=O)c1cncn1C. The molecule has 0 aliphatic heterocycles. The molecule has 0 aromatic carbocycles. The number of oxime groups is 1. The lowest BCUT2D eigenvalue weighted by molar-refractivity contribution is 0.0731. The van der Waals surface area contributed by atoms with Crippen molar-refractivity contribution in [1.29, 1.82) is 0 Å². The molecule has 106 valence electrons. The molecule has 1 rings (SSSR count). The van der Waals surface area contributed by atoms with Crippen molar-refractivity contribution in [2.24, 2.45) is 23.9 Å². The molecule has 0 aliphatic rings. The Kier molecular flexibility index (Phi) is 5.35. The minimum absolute atomic E-state index is 0.0977. The average Bonchev–Trinajstić information content (AvgIpc) is 2.78. The number of imidazole rings is 1. The van der Waals surface area contributed by atoms with E-state index in [-0.39, 0.29) is 11.7 Å². The number of amides is 1. The van der Waals surface area contributed by atoms with Crippen LogP contribution in [-0.4, -0.2) is 44.5 Å². The van der Waals surface area contributed by atoms with Crippen LogP contribution >= 0.6 is 0 Å². The van der Waals surface area contributed by atoms with Crippen LogP contribution in [0.3, 0.4) is 0 Å². The van der Waals surface area contributed by atoms with Crippen LogP contribution in [0.5, 0.6) is 0 Å². The number of nitrogens with two attached hydrogens (primary N) is 1. The number of carbonyl (C=O) groups excluding carboxylic acids is 1. The smallest absolute Gasteiger partial charge is 0.272 e. The third kappa shape index (κ3) is 4.27. The minimum Gasteiger partial charge on any atom is -0.409 e. The van der Waals surface area contributed by atoms with Gasteiger partial charge in [-0.3, -0.25) is 4.79 Å². The number of amidine groups is 1. The molecule has 0 aliphatic carbocycles. The fourth-order valence-electron chi connectivity index (χ4n) is 1.74. The Morgan fingerprint density at radius 1 is 1.63 bits per heavy atom. The highest BCUT2D eigenvalue weighted by Gasteiger charge is 2.19. The van der Waals surface area contributed by atoms with E-state index in [4.69, 9.17) is 10.9 Å². The molecule has 1 aromatic heterocycles. The highest BCUT2D eigenvalue weighted by Crippen LogP contribution is 2.07. The number of carbonyl (C=O) groups is 1. The number of aryl methyl sites for hydroxylation is 1. The summed E-state index contributed by atoms with van der Waals surface area (Å²) in [5.74, 6) is 0.357. The maximum atomic E-state index is 12.4. The predicted molar refractivity (Wildman–Crippen MR) is 72.0 cm³/mol. The summed E-state index contributed by atoms with van der Waals surface area (Å²) in [5, 5.41) is 11.5. The molecule has 0 radical (unpaired) electrons. The largest absolute Gasteiger partial charge is 0.409 e. The van der Waals surface area contributed by atoms with Gasteiger partial charge in [-0.05, 0) is 5.92 Å². The number of nitrogens with zero attached hydrogens (tertiary/aromatic N) is 4. The van der Waals surface area contributed by atoms with E-state index in [2.05, 4.69) is 10.1 Å². The van der Waals surface area contributed by atoms with Crippen LogP contribution in [0.2, 0.25) is 0 Å². The van der Waals surface area contributed by atoms with Crippen molar-refractivity contribution in [1.82, 2.24) is 14.5 Å². The Balaban J connectivity index is 2.79. The summed E-state index contributed by atoms with van der Waals surface area (Å²) in [5.41, 5.74) is 5.97. The van der Waals surface area contributed by atoms with E-state index in [0.29, 0.717) is 31.1 Å². The maximum absolute atomic E-state index is 12.4. The van der Waals surface area contributed by atoms with E-state index in [1.807, 2.05) is 13.8 Å². The van der Waals surface area contributed by atoms with Crippen LogP contribution in [0, 0.1) is 5.92 Å². The molecule has 1 aromatic rings. The standard InChI is InChI=1S/C12H21N5O2/c1-9(2)7-17(5-4-11(13)15-19)12(18)10-6-14-8-16(10)3/h6,8-9,19H,4-5,7H2,1-3H3,(H2,13,15). The van der Waals surface area contributed by atoms with Crippen LogP contribution < -0.4 is 5.73 Å². The van der Waals surface area contributed by atoms with Crippen molar-refractivity contribution < 1.29 is 10.0 Å². The average molecular weight is 267 g/mol. The second kappa shape index (κ2) is 6.77. The summed E-state index contributed by atoms with van der Waals surface area (Å²) in [6, 6.07) is 0. The van der Waals surface area contributed by atoms with E-state index in [1.54, 1.807) is 29.0 Å². The Labute approximate surface area is 112 Å². The van der Waals surface area contributed by atoms with Gasteiger partial charge in [0.15, 0.2) is 0 Å². The minimum atomic E-state index is -0.0977. The molecule has 1 heterocycles. The van der Waals surface area contributed by atoms with Crippen LogP contribution in [0.15, 0.2) is 17.7 Å². The predicted octanol–water partition coefficient (Wildman–Crippen LogP) is 0.655. The molecule has 7 heteroatoms. The first-order valence-corrected chi connectivity index (χ1v) is 6.17. The van der Waals surface area contributed by atoms with Crippen LogP contribution in [0.4, 0.5) is 0 Å². The van der Waals surface area contributed by atoms with Crippen molar-refractivity contribution in [3.63, 3.8) is 0 Å². The van der Waals surface area contributed by atoms with Crippen LogP contribution in [0.1, 0.15) is 30.8 Å². The monoisotopic (exact) mass is 267 g/mol. The number of aromatic nitrogens is 2. The van der Waals surface area contributed by atoms with E-state index in [9.17, 15) is 4.79 Å². The molecule has 0 spiro atoms. The Bertz CT molecular complexity index is 453. The van der Waals surface area contributed by atoms with Gasteiger partial charge in [0.2, 0.25) is 0 Å². The van der Waals surface area contributed by atoms with Gasteiger partial charge in [0.1, 0.15) is 11.5 Å². The van der Waals surface area contributed by atoms with Crippen molar-refractivity contribution >= 4 is 11.7 Å². The van der Waals surface area contributed by atoms with E-state index < -0.39 is 0 Å². The molecule has 0 bridgehead atoms. The third-order valence-electron chi connectivity index (χ3n) is 2.67. The first kappa shape index (κ1) is 15.0. The molecular formula is C12H21N5O2. The van der Waals surface area contributed by atoms with Gasteiger partial charge in [-0.15, -0.1) is 0 Å². The molecule has 19 heavy (non-hydrogen) atoms. The lowest BCUT2D eigenvalue weighted by atomic mass is 10.2. The normalized spacial score (nSPS) is 11.9. The molecule has 0 atom stereocenters. The zero-order valence-electron chi connectivity index (χ0n) is 11.6. The van der Waals surface area contributed by atoms with E-state index >= 15 is 0 Å². The first-order chi connectivity index (χ1) is 8.95. The van der Waals surface area contributed by atoms with Gasteiger partial charge in [0.05, 0.1) is 12.5 Å². The Morgan fingerprint density at radius 2 is 2.32 bits per heavy atom. The molecule has 0 saturated carbocycles. The van der Waals surface area contributed by atoms with Gasteiger partial charge in [-0.25, -0.2) is 4.98 Å². The van der Waals surface area contributed by atoms with Crippen LogP contribution in [-0.2, 0) is 7.05 Å². The molecule has 0 fully saturated rings. The lowest BCUT2D eigenvalue weighted by Gasteiger charge is -2.24. The molecule has 1 amide bonds. The van der Waals surface area contributed by atoms with Gasteiger partial charge in [0, 0.05) is 26.6 Å². The molecule has 0 unspecified atom stereocenters. The topological polar surface area (TPSA) is 96.7 Å². The van der Waals surface area contributed by atoms with Gasteiger partial charge in [0.25, 0.3) is 5.91 Å². The quantitative estimate of drug-likeness (QED) is 0.342. The summed E-state index contributed by atoms with van der Waals surface area (Å²) in [4.78, 5) is 18.0. The van der Waals surface area contributed by atoms with E-state index in [1.165, 1.54) is 0 Å². The highest BCUT2D eigenvalue weighted by molar-refractivity contribution is 5.92. The second-order valence-corrected chi connectivity index (χ2v) is 4.88. The molecular weight excluding hydrogens is 246 g/mol. The number of rotatable bonds is 6.